The van der Waals surface area contributed by atoms with Crippen molar-refractivity contribution in [3.05, 3.63) is 0 Å². The monoisotopic (exact) mass is 217 g/mol. The Morgan fingerprint density at radius 3 is 2.21 bits per heavy atom. The highest BCUT2D eigenvalue weighted by atomic mass is 32.2. The third-order valence-corrected chi connectivity index (χ3v) is 6.48. The molecule has 4 heteroatoms. The fraction of sp³-hybridized carbons (Fsp3) is 1.00. The van der Waals surface area contributed by atoms with Crippen LogP contribution in [0.5, 0.6) is 0 Å². The fourth-order valence-corrected chi connectivity index (χ4v) is 4.05. The van der Waals surface area contributed by atoms with Crippen LogP contribution in [0.4, 0.5) is 0 Å². The van der Waals surface area contributed by atoms with Gasteiger partial charge in [-0.05, 0) is 26.7 Å². The zero-order valence-electron chi connectivity index (χ0n) is 8.91. The van der Waals surface area contributed by atoms with E-state index in [0.29, 0.717) is 11.8 Å². The van der Waals surface area contributed by atoms with Crippen molar-refractivity contribution in [3.8, 4) is 0 Å². The molecule has 1 heterocycles. The SMILES string of the molecule is CC1(C)[C@@H](NC2CCCC2)CS1(=O)=O. The molecule has 2 fully saturated rings. The first-order valence-corrected chi connectivity index (χ1v) is 7.07. The van der Waals surface area contributed by atoms with Crippen LogP contribution in [-0.2, 0) is 9.84 Å². The summed E-state index contributed by atoms with van der Waals surface area (Å²) in [5.74, 6) is 0.330. The molecule has 82 valence electrons. The highest BCUT2D eigenvalue weighted by Gasteiger charge is 2.53. The quantitative estimate of drug-likeness (QED) is 0.753. The van der Waals surface area contributed by atoms with Crippen LogP contribution in [0.2, 0.25) is 0 Å². The zero-order valence-corrected chi connectivity index (χ0v) is 9.73. The Labute approximate surface area is 86.2 Å². The van der Waals surface area contributed by atoms with Crippen molar-refractivity contribution in [1.29, 1.82) is 0 Å². The first-order chi connectivity index (χ1) is 6.43. The molecule has 3 nitrogen and oxygen atoms in total. The Morgan fingerprint density at radius 2 is 1.79 bits per heavy atom. The Kier molecular flexibility index (Phi) is 2.39. The second kappa shape index (κ2) is 3.20. The number of sulfone groups is 1. The topological polar surface area (TPSA) is 46.2 Å². The van der Waals surface area contributed by atoms with Crippen LogP contribution in [0.15, 0.2) is 0 Å². The molecule has 0 aromatic carbocycles. The van der Waals surface area contributed by atoms with Crippen molar-refractivity contribution in [3.63, 3.8) is 0 Å². The van der Waals surface area contributed by atoms with E-state index in [1.807, 2.05) is 13.8 Å². The van der Waals surface area contributed by atoms with Gasteiger partial charge < -0.3 is 5.32 Å². The van der Waals surface area contributed by atoms with E-state index in [2.05, 4.69) is 5.32 Å². The lowest BCUT2D eigenvalue weighted by molar-refractivity contribution is 0.347. The summed E-state index contributed by atoms with van der Waals surface area (Å²) in [6, 6.07) is 0.741. The molecule has 0 bridgehead atoms. The minimum atomic E-state index is -2.81. The third-order valence-electron chi connectivity index (χ3n) is 3.82. The first-order valence-electron chi connectivity index (χ1n) is 5.42. The summed E-state index contributed by atoms with van der Waals surface area (Å²) in [6.07, 6.45) is 5.01. The van der Waals surface area contributed by atoms with Gasteiger partial charge in [0.2, 0.25) is 0 Å². The van der Waals surface area contributed by atoms with Crippen molar-refractivity contribution < 1.29 is 8.42 Å². The zero-order chi connectivity index (χ0) is 10.4. The van der Waals surface area contributed by atoms with Crippen LogP contribution in [0, 0.1) is 0 Å². The van der Waals surface area contributed by atoms with Crippen molar-refractivity contribution >= 4 is 9.84 Å². The molecule has 2 aliphatic rings. The smallest absolute Gasteiger partial charge is 0.158 e. The average molecular weight is 217 g/mol. The van der Waals surface area contributed by atoms with Crippen LogP contribution >= 0.6 is 0 Å². The summed E-state index contributed by atoms with van der Waals surface area (Å²) < 4.78 is 22.4. The van der Waals surface area contributed by atoms with E-state index in [9.17, 15) is 8.42 Å². The minimum absolute atomic E-state index is 0.176. The van der Waals surface area contributed by atoms with E-state index in [4.69, 9.17) is 0 Å². The van der Waals surface area contributed by atoms with Crippen molar-refractivity contribution in [1.82, 2.24) is 5.32 Å². The molecular weight excluding hydrogens is 198 g/mol. The lowest BCUT2D eigenvalue weighted by Gasteiger charge is -2.45. The van der Waals surface area contributed by atoms with Crippen LogP contribution in [0.25, 0.3) is 0 Å². The Bertz CT molecular complexity index is 315. The van der Waals surface area contributed by atoms with E-state index in [1.165, 1.54) is 25.7 Å². The lowest BCUT2D eigenvalue weighted by Crippen LogP contribution is -2.67. The van der Waals surface area contributed by atoms with Gasteiger partial charge in [0.05, 0.1) is 10.5 Å². The summed E-state index contributed by atoms with van der Waals surface area (Å²) >= 11 is 0. The molecule has 1 aliphatic heterocycles. The second-order valence-electron chi connectivity index (χ2n) is 5.09. The predicted molar refractivity (Wildman–Crippen MR) is 57.0 cm³/mol. The van der Waals surface area contributed by atoms with Crippen LogP contribution in [0.3, 0.4) is 0 Å². The van der Waals surface area contributed by atoms with Gasteiger partial charge >= 0.3 is 0 Å². The van der Waals surface area contributed by atoms with Crippen molar-refractivity contribution in [2.75, 3.05) is 5.75 Å². The Hall–Kier alpha value is -0.0900. The van der Waals surface area contributed by atoms with E-state index < -0.39 is 14.6 Å². The minimum Gasteiger partial charge on any atom is -0.309 e. The maximum Gasteiger partial charge on any atom is 0.158 e. The summed E-state index contributed by atoms with van der Waals surface area (Å²) in [6.45, 7) is 3.66. The number of hydrogen-bond acceptors (Lipinski definition) is 3. The first kappa shape index (κ1) is 10.4. The molecule has 1 saturated carbocycles. The van der Waals surface area contributed by atoms with Gasteiger partial charge in [-0.2, -0.15) is 0 Å². The molecule has 0 radical (unpaired) electrons. The maximum absolute atomic E-state index is 11.5. The third kappa shape index (κ3) is 1.48. The highest BCUT2D eigenvalue weighted by molar-refractivity contribution is 7.94. The van der Waals surface area contributed by atoms with Gasteiger partial charge in [-0.15, -0.1) is 0 Å². The molecular formula is C10H19NO2S. The number of nitrogens with one attached hydrogen (secondary N) is 1. The molecule has 1 atom stereocenters. The maximum atomic E-state index is 11.5. The van der Waals surface area contributed by atoms with Gasteiger partial charge in [0, 0.05) is 12.1 Å². The summed E-state index contributed by atoms with van der Waals surface area (Å²) in [4.78, 5) is 0. The van der Waals surface area contributed by atoms with Gasteiger partial charge in [0.15, 0.2) is 9.84 Å². The molecule has 2 rings (SSSR count). The number of rotatable bonds is 2. The summed E-state index contributed by atoms with van der Waals surface area (Å²) in [5, 5.41) is 3.48. The number of hydrogen-bond donors (Lipinski definition) is 1. The van der Waals surface area contributed by atoms with Gasteiger partial charge in [0.1, 0.15) is 0 Å². The summed E-state index contributed by atoms with van der Waals surface area (Å²) in [7, 11) is -2.81. The molecule has 0 amide bonds. The Balaban J connectivity index is 1.96. The van der Waals surface area contributed by atoms with Crippen molar-refractivity contribution in [2.24, 2.45) is 0 Å². The predicted octanol–water partition coefficient (Wildman–Crippen LogP) is 1.09. The Morgan fingerprint density at radius 1 is 1.21 bits per heavy atom. The van der Waals surface area contributed by atoms with Gasteiger partial charge in [0.25, 0.3) is 0 Å². The lowest BCUT2D eigenvalue weighted by atomic mass is 10.0. The van der Waals surface area contributed by atoms with Crippen LogP contribution in [0.1, 0.15) is 39.5 Å². The molecule has 0 spiro atoms. The van der Waals surface area contributed by atoms with Gasteiger partial charge in [-0.3, -0.25) is 0 Å². The van der Waals surface area contributed by atoms with E-state index in [-0.39, 0.29) is 6.04 Å². The molecule has 1 aliphatic carbocycles. The largest absolute Gasteiger partial charge is 0.309 e. The van der Waals surface area contributed by atoms with E-state index >= 15 is 0 Å². The van der Waals surface area contributed by atoms with Gasteiger partial charge in [-0.1, -0.05) is 12.8 Å². The van der Waals surface area contributed by atoms with Gasteiger partial charge in [-0.25, -0.2) is 8.42 Å². The standard InChI is InChI=1S/C10H19NO2S/c1-10(2)9(7-14(10,12)13)11-8-5-3-4-6-8/h8-9,11H,3-7H2,1-2H3/t9-/m0/s1. The highest BCUT2D eigenvalue weighted by Crippen LogP contribution is 2.34. The van der Waals surface area contributed by atoms with Crippen LogP contribution in [-0.4, -0.2) is 31.0 Å². The van der Waals surface area contributed by atoms with E-state index in [0.717, 1.165) is 0 Å². The molecule has 1 N–H and O–H groups in total. The molecule has 0 unspecified atom stereocenters. The fourth-order valence-electron chi connectivity index (χ4n) is 2.38. The molecule has 14 heavy (non-hydrogen) atoms. The van der Waals surface area contributed by atoms with E-state index in [1.54, 1.807) is 0 Å². The second-order valence-corrected chi connectivity index (χ2v) is 7.70. The summed E-state index contributed by atoms with van der Waals surface area (Å²) in [5.41, 5.74) is 0. The average Bonchev–Trinajstić information content (AvgIpc) is 2.55. The molecule has 1 saturated heterocycles. The van der Waals surface area contributed by atoms with Crippen molar-refractivity contribution in [2.45, 2.75) is 56.4 Å². The molecule has 0 aromatic rings. The van der Waals surface area contributed by atoms with Crippen LogP contribution < -0.4 is 5.32 Å². The normalized spacial score (nSPS) is 35.4. The molecule has 0 aromatic heterocycles.